The lowest BCUT2D eigenvalue weighted by Crippen LogP contribution is -2.42. The van der Waals surface area contributed by atoms with Crippen LogP contribution in [0.3, 0.4) is 0 Å². The van der Waals surface area contributed by atoms with Gasteiger partial charge in [-0.3, -0.25) is 0 Å². The van der Waals surface area contributed by atoms with Gasteiger partial charge < -0.3 is 10.6 Å². The van der Waals surface area contributed by atoms with Crippen LogP contribution < -0.4 is 10.6 Å². The maximum Gasteiger partial charge on any atom is 0.104 e. The molecule has 1 aliphatic heterocycles. The van der Waals surface area contributed by atoms with Gasteiger partial charge in [0.25, 0.3) is 0 Å². The van der Waals surface area contributed by atoms with Gasteiger partial charge in [-0.2, -0.15) is 0 Å². The Labute approximate surface area is 134 Å². The Hall–Kier alpha value is -0.610. The Morgan fingerprint density at radius 2 is 1.95 bits per heavy atom. The van der Waals surface area contributed by atoms with Crippen molar-refractivity contribution in [3.8, 4) is 0 Å². The highest BCUT2D eigenvalue weighted by Gasteiger charge is 2.31. The van der Waals surface area contributed by atoms with Crippen molar-refractivity contribution in [3.05, 3.63) is 28.2 Å². The number of nitrogens with zero attached hydrogens (tertiary/aromatic N) is 1. The van der Waals surface area contributed by atoms with Crippen LogP contribution in [-0.2, 0) is 0 Å². The van der Waals surface area contributed by atoms with Crippen molar-refractivity contribution in [1.29, 1.82) is 0 Å². The zero-order chi connectivity index (χ0) is 14.1. The van der Waals surface area contributed by atoms with Crippen molar-refractivity contribution in [1.82, 2.24) is 0 Å². The summed E-state index contributed by atoms with van der Waals surface area (Å²) in [4.78, 5) is 2.99. The third-order valence-electron chi connectivity index (χ3n) is 4.86. The fraction of sp³-hybridized carbons (Fsp3) is 0.562. The van der Waals surface area contributed by atoms with Crippen LogP contribution in [-0.4, -0.2) is 18.1 Å². The van der Waals surface area contributed by atoms with Crippen molar-refractivity contribution in [2.75, 3.05) is 18.0 Å². The molecule has 20 heavy (non-hydrogen) atoms. The minimum absolute atomic E-state index is 0.461. The summed E-state index contributed by atoms with van der Waals surface area (Å²) in [5, 5.41) is 0. The number of thiocarbonyl (C=S) groups is 1. The minimum Gasteiger partial charge on any atom is -0.389 e. The molecule has 0 spiro atoms. The zero-order valence-electron chi connectivity index (χ0n) is 11.6. The molecule has 2 aliphatic rings. The van der Waals surface area contributed by atoms with E-state index in [1.54, 1.807) is 0 Å². The van der Waals surface area contributed by atoms with Crippen LogP contribution in [0.4, 0.5) is 5.69 Å². The summed E-state index contributed by atoms with van der Waals surface area (Å²) in [5.41, 5.74) is 7.92. The molecule has 1 saturated carbocycles. The highest BCUT2D eigenvalue weighted by molar-refractivity contribution is 9.10. The maximum absolute atomic E-state index is 5.70. The number of anilines is 1. The second-order valence-electron chi connectivity index (χ2n) is 6.07. The van der Waals surface area contributed by atoms with Gasteiger partial charge in [-0.15, -0.1) is 0 Å². The molecule has 2 unspecified atom stereocenters. The van der Waals surface area contributed by atoms with Crippen LogP contribution in [0.5, 0.6) is 0 Å². The summed E-state index contributed by atoms with van der Waals surface area (Å²) >= 11 is 8.72. The predicted molar refractivity (Wildman–Crippen MR) is 92.3 cm³/mol. The van der Waals surface area contributed by atoms with Gasteiger partial charge in [0.05, 0.1) is 5.69 Å². The summed E-state index contributed by atoms with van der Waals surface area (Å²) in [6.07, 6.45) is 7.04. The van der Waals surface area contributed by atoms with E-state index in [0.29, 0.717) is 4.99 Å². The normalized spacial score (nSPS) is 26.1. The molecule has 0 bridgehead atoms. The number of nitrogens with two attached hydrogens (primary N) is 1. The van der Waals surface area contributed by atoms with Gasteiger partial charge >= 0.3 is 0 Å². The molecule has 0 radical (unpaired) electrons. The Bertz CT molecular complexity index is 517. The second-order valence-corrected chi connectivity index (χ2v) is 7.36. The van der Waals surface area contributed by atoms with Crippen LogP contribution in [0.2, 0.25) is 0 Å². The summed E-state index contributed by atoms with van der Waals surface area (Å²) in [6.45, 7) is 2.38. The number of piperidine rings is 1. The molecule has 0 amide bonds. The molecular weight excluding hydrogens is 332 g/mol. The van der Waals surface area contributed by atoms with Crippen LogP contribution in [0, 0.1) is 11.8 Å². The van der Waals surface area contributed by atoms with Crippen molar-refractivity contribution >= 4 is 38.8 Å². The second kappa shape index (κ2) is 6.02. The summed E-state index contributed by atoms with van der Waals surface area (Å²) in [6, 6.07) is 6.24. The summed E-state index contributed by atoms with van der Waals surface area (Å²) in [7, 11) is 0. The first-order valence-corrected chi connectivity index (χ1v) is 8.69. The Balaban J connectivity index is 1.78. The van der Waals surface area contributed by atoms with Crippen molar-refractivity contribution < 1.29 is 0 Å². The molecule has 108 valence electrons. The average Bonchev–Trinajstić information content (AvgIpc) is 2.46. The summed E-state index contributed by atoms with van der Waals surface area (Å²) in [5.74, 6) is 1.86. The van der Waals surface area contributed by atoms with Gasteiger partial charge in [-0.05, 0) is 58.8 Å². The molecule has 1 heterocycles. The molecule has 2 N–H and O–H groups in total. The molecule has 1 aromatic rings. The van der Waals surface area contributed by atoms with E-state index in [1.807, 2.05) is 12.1 Å². The smallest absolute Gasteiger partial charge is 0.104 e. The summed E-state index contributed by atoms with van der Waals surface area (Å²) < 4.78 is 1.11. The van der Waals surface area contributed by atoms with Gasteiger partial charge in [0.1, 0.15) is 4.99 Å². The molecule has 1 saturated heterocycles. The van der Waals surface area contributed by atoms with E-state index in [2.05, 4.69) is 26.9 Å². The molecule has 0 aromatic heterocycles. The fourth-order valence-corrected chi connectivity index (χ4v) is 4.49. The Morgan fingerprint density at radius 1 is 1.20 bits per heavy atom. The SMILES string of the molecule is NC(=S)c1ccc(N2CCC3CCCCC3C2)c(Br)c1. The molecular formula is C16H21BrN2S. The lowest BCUT2D eigenvalue weighted by Gasteiger charge is -2.42. The average molecular weight is 353 g/mol. The topological polar surface area (TPSA) is 29.3 Å². The van der Waals surface area contributed by atoms with Gasteiger partial charge in [-0.1, -0.05) is 31.5 Å². The molecule has 1 aliphatic carbocycles. The lowest BCUT2D eigenvalue weighted by atomic mass is 9.75. The predicted octanol–water partition coefficient (Wildman–Crippen LogP) is 4.10. The highest BCUT2D eigenvalue weighted by atomic mass is 79.9. The standard InChI is InChI=1S/C16H21BrN2S/c17-14-9-12(16(18)20)5-6-15(14)19-8-7-11-3-1-2-4-13(11)10-19/h5-6,9,11,13H,1-4,7-8,10H2,(H2,18,20). The van der Waals surface area contributed by atoms with E-state index in [9.17, 15) is 0 Å². The van der Waals surface area contributed by atoms with E-state index < -0.39 is 0 Å². The van der Waals surface area contributed by atoms with E-state index in [0.717, 1.165) is 21.9 Å². The largest absolute Gasteiger partial charge is 0.389 e. The van der Waals surface area contributed by atoms with E-state index in [1.165, 1.54) is 50.9 Å². The van der Waals surface area contributed by atoms with Gasteiger partial charge in [0.2, 0.25) is 0 Å². The van der Waals surface area contributed by atoms with Gasteiger partial charge in [0.15, 0.2) is 0 Å². The molecule has 2 atom stereocenters. The van der Waals surface area contributed by atoms with Crippen LogP contribution in [0.1, 0.15) is 37.7 Å². The quantitative estimate of drug-likeness (QED) is 0.812. The molecule has 3 rings (SSSR count). The fourth-order valence-electron chi connectivity index (χ4n) is 3.74. The molecule has 2 nitrogen and oxygen atoms in total. The van der Waals surface area contributed by atoms with Gasteiger partial charge in [-0.25, -0.2) is 0 Å². The number of hydrogen-bond acceptors (Lipinski definition) is 2. The van der Waals surface area contributed by atoms with Crippen molar-refractivity contribution in [2.45, 2.75) is 32.1 Å². The molecule has 2 fully saturated rings. The minimum atomic E-state index is 0.461. The zero-order valence-corrected chi connectivity index (χ0v) is 14.0. The Morgan fingerprint density at radius 3 is 2.65 bits per heavy atom. The van der Waals surface area contributed by atoms with Crippen molar-refractivity contribution in [3.63, 3.8) is 0 Å². The van der Waals surface area contributed by atoms with E-state index in [-0.39, 0.29) is 0 Å². The highest BCUT2D eigenvalue weighted by Crippen LogP contribution is 2.39. The number of halogens is 1. The maximum atomic E-state index is 5.70. The van der Waals surface area contributed by atoms with Crippen LogP contribution >= 0.6 is 28.1 Å². The third kappa shape index (κ3) is 2.86. The van der Waals surface area contributed by atoms with Gasteiger partial charge in [0, 0.05) is 23.1 Å². The van der Waals surface area contributed by atoms with E-state index in [4.69, 9.17) is 18.0 Å². The third-order valence-corrected chi connectivity index (χ3v) is 5.73. The van der Waals surface area contributed by atoms with Crippen LogP contribution in [0.25, 0.3) is 0 Å². The lowest BCUT2D eigenvalue weighted by molar-refractivity contribution is 0.202. The first-order valence-electron chi connectivity index (χ1n) is 7.49. The number of benzene rings is 1. The number of rotatable bonds is 2. The van der Waals surface area contributed by atoms with E-state index >= 15 is 0 Å². The number of hydrogen-bond donors (Lipinski definition) is 1. The molecule has 1 aromatic carbocycles. The van der Waals surface area contributed by atoms with Crippen LogP contribution in [0.15, 0.2) is 22.7 Å². The first kappa shape index (κ1) is 14.3. The Kier molecular flexibility index (Phi) is 4.32. The monoisotopic (exact) mass is 352 g/mol. The van der Waals surface area contributed by atoms with Crippen molar-refractivity contribution in [2.24, 2.45) is 17.6 Å². The first-order chi connectivity index (χ1) is 9.65. The molecule has 4 heteroatoms. The number of fused-ring (bicyclic) bond motifs is 1.